The molecular formula is C9H9F2NO3. The van der Waals surface area contributed by atoms with Gasteiger partial charge >= 0.3 is 0 Å². The molecule has 0 aliphatic heterocycles. The van der Waals surface area contributed by atoms with Gasteiger partial charge in [-0.05, 0) is 6.07 Å². The van der Waals surface area contributed by atoms with Crippen LogP contribution in [0.4, 0.5) is 8.78 Å². The first-order chi connectivity index (χ1) is 7.13. The van der Waals surface area contributed by atoms with Crippen molar-refractivity contribution in [2.45, 2.75) is 6.43 Å². The van der Waals surface area contributed by atoms with Crippen LogP contribution in [0.3, 0.4) is 0 Å². The van der Waals surface area contributed by atoms with Crippen molar-refractivity contribution in [2.24, 2.45) is 0 Å². The number of alkyl halides is 2. The first kappa shape index (κ1) is 11.4. The molecule has 6 heteroatoms. The van der Waals surface area contributed by atoms with E-state index in [9.17, 15) is 13.6 Å². The SMILES string of the molecule is COc1cc(C=O)c(C(F)F)nc1OC. The van der Waals surface area contributed by atoms with Crippen LogP contribution in [0.1, 0.15) is 22.5 Å². The summed E-state index contributed by atoms with van der Waals surface area (Å²) in [6.45, 7) is 0. The highest BCUT2D eigenvalue weighted by Crippen LogP contribution is 2.30. The number of halogens is 2. The van der Waals surface area contributed by atoms with Crippen LogP contribution >= 0.6 is 0 Å². The number of carbonyl (C=O) groups excluding carboxylic acids is 1. The van der Waals surface area contributed by atoms with E-state index < -0.39 is 12.1 Å². The molecule has 1 aromatic heterocycles. The van der Waals surface area contributed by atoms with E-state index in [2.05, 4.69) is 4.98 Å². The van der Waals surface area contributed by atoms with E-state index in [4.69, 9.17) is 9.47 Å². The fraction of sp³-hybridized carbons (Fsp3) is 0.333. The van der Waals surface area contributed by atoms with Gasteiger partial charge in [-0.3, -0.25) is 4.79 Å². The Kier molecular flexibility index (Phi) is 3.54. The standard InChI is InChI=1S/C9H9F2NO3/c1-14-6-3-5(4-13)7(8(10)11)12-9(6)15-2/h3-4,8H,1-2H3. The molecule has 0 unspecified atom stereocenters. The summed E-state index contributed by atoms with van der Waals surface area (Å²) in [6, 6.07) is 1.17. The zero-order valence-corrected chi connectivity index (χ0v) is 8.16. The molecule has 0 atom stereocenters. The highest BCUT2D eigenvalue weighted by molar-refractivity contribution is 5.77. The lowest BCUT2D eigenvalue weighted by Crippen LogP contribution is -2.02. The lowest BCUT2D eigenvalue weighted by atomic mass is 10.2. The Balaban J connectivity index is 3.34. The predicted molar refractivity (Wildman–Crippen MR) is 47.7 cm³/mol. The maximum atomic E-state index is 12.4. The van der Waals surface area contributed by atoms with Crippen molar-refractivity contribution in [3.8, 4) is 11.6 Å². The fourth-order valence-corrected chi connectivity index (χ4v) is 1.07. The smallest absolute Gasteiger partial charge is 0.281 e. The lowest BCUT2D eigenvalue weighted by Gasteiger charge is -2.09. The molecule has 82 valence electrons. The van der Waals surface area contributed by atoms with Crippen LogP contribution in [0.15, 0.2) is 6.07 Å². The van der Waals surface area contributed by atoms with Crippen molar-refractivity contribution in [3.05, 3.63) is 17.3 Å². The van der Waals surface area contributed by atoms with Crippen LogP contribution < -0.4 is 9.47 Å². The van der Waals surface area contributed by atoms with Crippen LogP contribution in [-0.4, -0.2) is 25.5 Å². The molecule has 1 aromatic rings. The number of carbonyl (C=O) groups is 1. The minimum atomic E-state index is -2.83. The molecule has 0 saturated carbocycles. The minimum Gasteiger partial charge on any atom is -0.491 e. The van der Waals surface area contributed by atoms with Gasteiger partial charge in [0.1, 0.15) is 5.69 Å². The summed E-state index contributed by atoms with van der Waals surface area (Å²) in [5.41, 5.74) is -0.815. The zero-order valence-electron chi connectivity index (χ0n) is 8.16. The van der Waals surface area contributed by atoms with Crippen molar-refractivity contribution >= 4 is 6.29 Å². The summed E-state index contributed by atoms with van der Waals surface area (Å²) in [5, 5.41) is 0. The van der Waals surface area contributed by atoms with Gasteiger partial charge in [-0.15, -0.1) is 0 Å². The van der Waals surface area contributed by atoms with Gasteiger partial charge in [-0.1, -0.05) is 0 Å². The van der Waals surface area contributed by atoms with Gasteiger partial charge in [-0.25, -0.2) is 13.8 Å². The van der Waals surface area contributed by atoms with Crippen LogP contribution in [0.5, 0.6) is 11.6 Å². The summed E-state index contributed by atoms with van der Waals surface area (Å²) in [4.78, 5) is 14.0. The van der Waals surface area contributed by atoms with E-state index in [0.29, 0.717) is 6.29 Å². The summed E-state index contributed by atoms with van der Waals surface area (Å²) < 4.78 is 34.5. The molecular weight excluding hydrogens is 208 g/mol. The zero-order chi connectivity index (χ0) is 11.4. The number of rotatable bonds is 4. The number of nitrogens with zero attached hydrogens (tertiary/aromatic N) is 1. The molecule has 1 heterocycles. The van der Waals surface area contributed by atoms with E-state index >= 15 is 0 Å². The number of aldehydes is 1. The van der Waals surface area contributed by atoms with Gasteiger partial charge < -0.3 is 9.47 Å². The van der Waals surface area contributed by atoms with E-state index in [1.165, 1.54) is 20.3 Å². The van der Waals surface area contributed by atoms with Crippen LogP contribution in [-0.2, 0) is 0 Å². The first-order valence-electron chi connectivity index (χ1n) is 4.00. The Bertz CT molecular complexity index is 369. The maximum Gasteiger partial charge on any atom is 0.281 e. The number of ether oxygens (including phenoxy) is 2. The molecule has 0 fully saturated rings. The molecule has 15 heavy (non-hydrogen) atoms. The molecule has 0 radical (unpaired) electrons. The summed E-state index contributed by atoms with van der Waals surface area (Å²) in [5.74, 6) is 0.0717. The van der Waals surface area contributed by atoms with E-state index in [1.807, 2.05) is 0 Å². The third-order valence-corrected chi connectivity index (χ3v) is 1.76. The fourth-order valence-electron chi connectivity index (χ4n) is 1.07. The van der Waals surface area contributed by atoms with E-state index in [1.54, 1.807) is 0 Å². The summed E-state index contributed by atoms with van der Waals surface area (Å²) in [6.07, 6.45) is -2.53. The number of hydrogen-bond donors (Lipinski definition) is 0. The topological polar surface area (TPSA) is 48.4 Å². The third kappa shape index (κ3) is 2.20. The second-order valence-corrected chi connectivity index (χ2v) is 2.59. The van der Waals surface area contributed by atoms with Gasteiger partial charge in [0.15, 0.2) is 12.0 Å². The average molecular weight is 217 g/mol. The second kappa shape index (κ2) is 4.68. The second-order valence-electron chi connectivity index (χ2n) is 2.59. The quantitative estimate of drug-likeness (QED) is 0.722. The molecule has 0 aromatic carbocycles. The van der Waals surface area contributed by atoms with Gasteiger partial charge in [-0.2, -0.15) is 0 Å². The van der Waals surface area contributed by atoms with Gasteiger partial charge in [0, 0.05) is 5.56 Å². The largest absolute Gasteiger partial charge is 0.491 e. The van der Waals surface area contributed by atoms with Crippen molar-refractivity contribution in [2.75, 3.05) is 14.2 Å². The van der Waals surface area contributed by atoms with Crippen molar-refractivity contribution < 1.29 is 23.0 Å². The third-order valence-electron chi connectivity index (χ3n) is 1.76. The van der Waals surface area contributed by atoms with Gasteiger partial charge in [0.25, 0.3) is 12.3 Å². The Morgan fingerprint density at radius 3 is 2.47 bits per heavy atom. The number of aromatic nitrogens is 1. The molecule has 0 spiro atoms. The Labute approximate surface area is 84.8 Å². The van der Waals surface area contributed by atoms with Crippen molar-refractivity contribution in [1.82, 2.24) is 4.98 Å². The Morgan fingerprint density at radius 2 is 2.07 bits per heavy atom. The highest BCUT2D eigenvalue weighted by Gasteiger charge is 2.19. The summed E-state index contributed by atoms with van der Waals surface area (Å²) >= 11 is 0. The molecule has 4 nitrogen and oxygen atoms in total. The highest BCUT2D eigenvalue weighted by atomic mass is 19.3. The lowest BCUT2D eigenvalue weighted by molar-refractivity contribution is 0.110. The van der Waals surface area contributed by atoms with Gasteiger partial charge in [0.2, 0.25) is 0 Å². The number of hydrogen-bond acceptors (Lipinski definition) is 4. The Hall–Kier alpha value is -1.72. The normalized spacial score (nSPS) is 10.2. The monoisotopic (exact) mass is 217 g/mol. The van der Waals surface area contributed by atoms with Crippen LogP contribution in [0.2, 0.25) is 0 Å². The number of methoxy groups -OCH3 is 2. The molecule has 0 N–H and O–H groups in total. The molecule has 0 bridgehead atoms. The van der Waals surface area contributed by atoms with E-state index in [-0.39, 0.29) is 17.2 Å². The van der Waals surface area contributed by atoms with E-state index in [0.717, 1.165) is 0 Å². The summed E-state index contributed by atoms with van der Waals surface area (Å²) in [7, 11) is 2.61. The molecule has 0 amide bonds. The molecule has 0 saturated heterocycles. The van der Waals surface area contributed by atoms with Crippen LogP contribution in [0, 0.1) is 0 Å². The molecule has 1 rings (SSSR count). The van der Waals surface area contributed by atoms with Crippen molar-refractivity contribution in [1.29, 1.82) is 0 Å². The van der Waals surface area contributed by atoms with Crippen molar-refractivity contribution in [3.63, 3.8) is 0 Å². The Morgan fingerprint density at radius 1 is 1.40 bits per heavy atom. The molecule has 0 aliphatic rings. The predicted octanol–water partition coefficient (Wildman–Crippen LogP) is 1.85. The first-order valence-corrected chi connectivity index (χ1v) is 4.00. The maximum absolute atomic E-state index is 12.4. The van der Waals surface area contributed by atoms with Crippen LogP contribution in [0.25, 0.3) is 0 Å². The minimum absolute atomic E-state index is 0.0709. The molecule has 0 aliphatic carbocycles. The van der Waals surface area contributed by atoms with Gasteiger partial charge in [0.05, 0.1) is 14.2 Å². The number of pyridine rings is 1. The average Bonchev–Trinajstić information content (AvgIpc) is 2.26.